The lowest BCUT2D eigenvalue weighted by atomic mass is 9.62. The molecule has 2 aliphatic heterocycles. The van der Waals surface area contributed by atoms with Crippen LogP contribution >= 0.6 is 0 Å². The fraction of sp³-hybridized carbons (Fsp3) is 0.800. The van der Waals surface area contributed by atoms with E-state index in [4.69, 9.17) is 9.47 Å². The molecule has 128 valence electrons. The summed E-state index contributed by atoms with van der Waals surface area (Å²) in [4.78, 5) is 0. The van der Waals surface area contributed by atoms with Gasteiger partial charge in [0.05, 0.1) is 12.2 Å². The van der Waals surface area contributed by atoms with E-state index in [1.807, 2.05) is 0 Å². The van der Waals surface area contributed by atoms with Gasteiger partial charge in [0, 0.05) is 0 Å². The fourth-order valence-corrected chi connectivity index (χ4v) is 5.10. The maximum Gasteiger partial charge on any atom is 0.219 e. The lowest BCUT2D eigenvalue weighted by Crippen LogP contribution is -2.42. The van der Waals surface area contributed by atoms with Crippen LogP contribution in [0.1, 0.15) is 66.2 Å². The maximum absolute atomic E-state index is 11.3. The first-order valence-electron chi connectivity index (χ1n) is 9.22. The van der Waals surface area contributed by atoms with Crippen LogP contribution in [0, 0.1) is 11.3 Å². The van der Waals surface area contributed by atoms with Crippen LogP contribution in [0.4, 0.5) is 0 Å². The van der Waals surface area contributed by atoms with E-state index in [9.17, 15) is 5.11 Å². The normalized spacial score (nSPS) is 52.1. The number of ether oxygens (including phenoxy) is 2. The molecule has 1 fully saturated rings. The molecule has 2 heterocycles. The number of fused-ring (bicyclic) bond motifs is 2. The summed E-state index contributed by atoms with van der Waals surface area (Å²) >= 11 is 0. The molecule has 3 heteroatoms. The molecule has 1 N–H and O–H groups in total. The molecule has 0 saturated carbocycles. The van der Waals surface area contributed by atoms with Crippen LogP contribution < -0.4 is 0 Å². The van der Waals surface area contributed by atoms with E-state index in [2.05, 4.69) is 33.8 Å². The van der Waals surface area contributed by atoms with Gasteiger partial charge in [-0.2, -0.15) is 0 Å². The summed E-state index contributed by atoms with van der Waals surface area (Å²) in [6.07, 6.45) is 8.51. The SMILES string of the molecule is C/C1=C\CC[C@@]2(C)O[C@@H]2[C@@]2(O)OCC3=C2CC[C@@H](C)[C@@]3(C)CC1. The summed E-state index contributed by atoms with van der Waals surface area (Å²) in [6.45, 7) is 9.70. The first-order chi connectivity index (χ1) is 10.8. The Morgan fingerprint density at radius 3 is 2.74 bits per heavy atom. The molecule has 0 aromatic rings. The van der Waals surface area contributed by atoms with Crippen LogP contribution in [-0.2, 0) is 9.47 Å². The molecule has 23 heavy (non-hydrogen) atoms. The van der Waals surface area contributed by atoms with Gasteiger partial charge in [-0.05, 0) is 74.9 Å². The number of hydrogen-bond donors (Lipinski definition) is 1. The average molecular weight is 318 g/mol. The van der Waals surface area contributed by atoms with E-state index in [1.54, 1.807) is 0 Å². The Hall–Kier alpha value is -0.640. The fourth-order valence-electron chi connectivity index (χ4n) is 5.10. The second kappa shape index (κ2) is 4.93. The molecule has 4 aliphatic rings. The maximum atomic E-state index is 11.3. The lowest BCUT2D eigenvalue weighted by molar-refractivity contribution is -0.169. The molecular formula is C20H30O3. The lowest BCUT2D eigenvalue weighted by Gasteiger charge is -2.42. The van der Waals surface area contributed by atoms with Crippen LogP contribution in [0.15, 0.2) is 22.8 Å². The van der Waals surface area contributed by atoms with Gasteiger partial charge >= 0.3 is 0 Å². The van der Waals surface area contributed by atoms with Crippen molar-refractivity contribution in [2.24, 2.45) is 11.3 Å². The third-order valence-electron chi connectivity index (χ3n) is 7.25. The first-order valence-corrected chi connectivity index (χ1v) is 9.22. The Bertz CT molecular complexity index is 592. The number of allylic oxidation sites excluding steroid dienone is 2. The number of aliphatic hydroxyl groups is 1. The molecule has 0 radical (unpaired) electrons. The van der Waals surface area contributed by atoms with Crippen LogP contribution in [-0.4, -0.2) is 29.2 Å². The summed E-state index contributed by atoms with van der Waals surface area (Å²) in [7, 11) is 0. The third-order valence-corrected chi connectivity index (χ3v) is 7.25. The Kier molecular flexibility index (Phi) is 3.40. The molecule has 0 amide bonds. The van der Waals surface area contributed by atoms with Crippen molar-refractivity contribution < 1.29 is 14.6 Å². The van der Waals surface area contributed by atoms with E-state index in [1.165, 1.54) is 11.1 Å². The van der Waals surface area contributed by atoms with Crippen LogP contribution in [0.2, 0.25) is 0 Å². The molecule has 0 spiro atoms. The van der Waals surface area contributed by atoms with E-state index >= 15 is 0 Å². The number of hydrogen-bond acceptors (Lipinski definition) is 3. The van der Waals surface area contributed by atoms with Crippen molar-refractivity contribution >= 4 is 0 Å². The van der Waals surface area contributed by atoms with E-state index in [0.29, 0.717) is 12.5 Å². The van der Waals surface area contributed by atoms with Crippen LogP contribution in [0.5, 0.6) is 0 Å². The number of epoxide rings is 1. The van der Waals surface area contributed by atoms with Gasteiger partial charge in [0.2, 0.25) is 5.79 Å². The highest BCUT2D eigenvalue weighted by molar-refractivity contribution is 5.38. The van der Waals surface area contributed by atoms with Gasteiger partial charge in [-0.3, -0.25) is 0 Å². The van der Waals surface area contributed by atoms with Gasteiger partial charge in [0.1, 0.15) is 6.10 Å². The molecule has 1 saturated heterocycles. The monoisotopic (exact) mass is 318 g/mol. The van der Waals surface area contributed by atoms with Crippen molar-refractivity contribution in [3.8, 4) is 0 Å². The zero-order valence-electron chi connectivity index (χ0n) is 14.9. The third kappa shape index (κ3) is 2.20. The molecule has 2 aliphatic carbocycles. The summed E-state index contributed by atoms with van der Waals surface area (Å²) in [6, 6.07) is 0. The highest BCUT2D eigenvalue weighted by atomic mass is 16.7. The minimum absolute atomic E-state index is 0.137. The Morgan fingerprint density at radius 1 is 1.17 bits per heavy atom. The van der Waals surface area contributed by atoms with Crippen molar-refractivity contribution in [1.82, 2.24) is 0 Å². The van der Waals surface area contributed by atoms with Gasteiger partial charge < -0.3 is 14.6 Å². The molecule has 0 unspecified atom stereocenters. The molecule has 3 nitrogen and oxygen atoms in total. The molecule has 0 aromatic carbocycles. The summed E-state index contributed by atoms with van der Waals surface area (Å²) in [5.74, 6) is -0.543. The predicted molar refractivity (Wildman–Crippen MR) is 89.9 cm³/mol. The van der Waals surface area contributed by atoms with Crippen molar-refractivity contribution in [2.75, 3.05) is 6.61 Å². The zero-order valence-corrected chi connectivity index (χ0v) is 14.9. The smallest absolute Gasteiger partial charge is 0.219 e. The second-order valence-electron chi connectivity index (χ2n) is 8.70. The van der Waals surface area contributed by atoms with Gasteiger partial charge in [-0.15, -0.1) is 0 Å². The molecule has 4 bridgehead atoms. The van der Waals surface area contributed by atoms with Gasteiger partial charge in [0.25, 0.3) is 0 Å². The molecule has 4 rings (SSSR count). The second-order valence-corrected chi connectivity index (χ2v) is 8.70. The highest BCUT2D eigenvalue weighted by Crippen LogP contribution is 2.59. The Labute approximate surface area is 139 Å². The largest absolute Gasteiger partial charge is 0.360 e. The molecule has 0 aromatic heterocycles. The van der Waals surface area contributed by atoms with Gasteiger partial charge in [-0.25, -0.2) is 0 Å². The van der Waals surface area contributed by atoms with E-state index < -0.39 is 5.79 Å². The standard InChI is InChI=1S/C20H30O3/c1-13-6-5-10-19(4)17(23-19)20(21)15-8-7-14(2)18(3,11-9-13)16(15)12-22-20/h6,14,17,21H,5,7-12H2,1-4H3/b13-6+/t14-,17+,18-,19-,20+/m1/s1. The highest BCUT2D eigenvalue weighted by Gasteiger charge is 2.67. The Morgan fingerprint density at radius 2 is 1.96 bits per heavy atom. The summed E-state index contributed by atoms with van der Waals surface area (Å²) in [5, 5.41) is 11.3. The zero-order chi connectivity index (χ0) is 16.5. The van der Waals surface area contributed by atoms with Gasteiger partial charge in [-0.1, -0.05) is 25.5 Å². The van der Waals surface area contributed by atoms with Gasteiger partial charge in [0.15, 0.2) is 0 Å². The van der Waals surface area contributed by atoms with Crippen LogP contribution in [0.25, 0.3) is 0 Å². The van der Waals surface area contributed by atoms with E-state index in [-0.39, 0.29) is 17.1 Å². The average Bonchev–Trinajstić information content (AvgIpc) is 3.05. The van der Waals surface area contributed by atoms with E-state index in [0.717, 1.165) is 44.1 Å². The van der Waals surface area contributed by atoms with Crippen molar-refractivity contribution in [2.45, 2.75) is 83.7 Å². The minimum Gasteiger partial charge on any atom is -0.360 e. The molecule has 5 atom stereocenters. The molecular weight excluding hydrogens is 288 g/mol. The minimum atomic E-state index is -1.18. The van der Waals surface area contributed by atoms with Crippen molar-refractivity contribution in [1.29, 1.82) is 0 Å². The van der Waals surface area contributed by atoms with Crippen molar-refractivity contribution in [3.05, 3.63) is 22.8 Å². The number of rotatable bonds is 0. The van der Waals surface area contributed by atoms with Crippen LogP contribution in [0.3, 0.4) is 0 Å². The summed E-state index contributed by atoms with van der Waals surface area (Å²) < 4.78 is 12.0. The topological polar surface area (TPSA) is 42.0 Å². The quantitative estimate of drug-likeness (QED) is 0.540. The predicted octanol–water partition coefficient (Wildman–Crippen LogP) is 4.12. The first kappa shape index (κ1) is 15.9. The Balaban J connectivity index is 1.79. The van der Waals surface area contributed by atoms with Crippen molar-refractivity contribution in [3.63, 3.8) is 0 Å². The summed E-state index contributed by atoms with van der Waals surface area (Å²) in [5.41, 5.74) is 3.89.